The molecule has 1 aromatic heterocycles. The first-order chi connectivity index (χ1) is 16.7. The van der Waals surface area contributed by atoms with E-state index >= 15 is 0 Å². The summed E-state index contributed by atoms with van der Waals surface area (Å²) in [4.78, 5) is 39.5. The molecule has 1 fully saturated rings. The van der Waals surface area contributed by atoms with Crippen molar-refractivity contribution in [3.05, 3.63) is 87.6 Å². The molecule has 2 aromatic carbocycles. The van der Waals surface area contributed by atoms with Crippen LogP contribution in [0.5, 0.6) is 0 Å². The Hall–Kier alpha value is -3.69. The molecule has 2 heterocycles. The third kappa shape index (κ3) is 5.52. The molecule has 0 spiro atoms. The minimum absolute atomic E-state index is 0.0576. The number of nitrogens with zero attached hydrogens (tertiary/aromatic N) is 2. The Labute approximate surface area is 206 Å². The van der Waals surface area contributed by atoms with Crippen LogP contribution in [0.3, 0.4) is 0 Å². The maximum absolute atomic E-state index is 14.9. The number of carbonyl (C=O) groups is 2. The number of aryl methyl sites for hydroxylation is 1. The molecule has 2 atom stereocenters. The molecule has 10 heteroatoms. The lowest BCUT2D eigenvalue weighted by Crippen LogP contribution is -2.45. The number of halogens is 2. The van der Waals surface area contributed by atoms with E-state index in [9.17, 15) is 18.8 Å². The van der Waals surface area contributed by atoms with Crippen LogP contribution < -0.4 is 16.2 Å². The molecule has 35 heavy (non-hydrogen) atoms. The Balaban J connectivity index is 1.50. The standard InChI is InChI=1S/C25H24ClFN4O4/c1-15-9-10-30(23(32)11-15)18-7-8-21(20(27)12-18)29-24(33)22-13-19(35-2)14-31(22)25(34)28-17-5-3-16(26)4-6-17/h3-12,19,22H,13-14H2,1-2H3,(H,28,34)(H,29,33)/t19-,22-/m1/s1. The van der Waals surface area contributed by atoms with E-state index in [1.54, 1.807) is 43.5 Å². The van der Waals surface area contributed by atoms with E-state index in [4.69, 9.17) is 16.3 Å². The molecule has 3 aromatic rings. The maximum Gasteiger partial charge on any atom is 0.322 e. The summed E-state index contributed by atoms with van der Waals surface area (Å²) in [6, 6.07) is 12.5. The molecule has 0 aliphatic carbocycles. The van der Waals surface area contributed by atoms with Crippen molar-refractivity contribution in [2.24, 2.45) is 0 Å². The summed E-state index contributed by atoms with van der Waals surface area (Å²) in [5.74, 6) is -1.25. The van der Waals surface area contributed by atoms with Crippen molar-refractivity contribution in [3.63, 3.8) is 0 Å². The van der Waals surface area contributed by atoms with Gasteiger partial charge in [-0.15, -0.1) is 0 Å². The molecule has 1 aliphatic rings. The van der Waals surface area contributed by atoms with Gasteiger partial charge >= 0.3 is 6.03 Å². The Morgan fingerprint density at radius 1 is 1.09 bits per heavy atom. The first kappa shape index (κ1) is 24.4. The predicted molar refractivity (Wildman–Crippen MR) is 132 cm³/mol. The van der Waals surface area contributed by atoms with Gasteiger partial charge in [-0.25, -0.2) is 9.18 Å². The normalized spacial score (nSPS) is 17.3. The Morgan fingerprint density at radius 2 is 1.83 bits per heavy atom. The van der Waals surface area contributed by atoms with Crippen LogP contribution in [0, 0.1) is 12.7 Å². The van der Waals surface area contributed by atoms with Gasteiger partial charge in [-0.3, -0.25) is 14.2 Å². The number of methoxy groups -OCH3 is 1. The number of hydrogen-bond acceptors (Lipinski definition) is 4. The molecule has 0 bridgehead atoms. The smallest absolute Gasteiger partial charge is 0.322 e. The van der Waals surface area contributed by atoms with Gasteiger partial charge in [0.2, 0.25) is 5.91 Å². The van der Waals surface area contributed by atoms with Crippen LogP contribution in [0.25, 0.3) is 5.69 Å². The quantitative estimate of drug-likeness (QED) is 0.551. The zero-order valence-corrected chi connectivity index (χ0v) is 19.9. The van der Waals surface area contributed by atoms with Crippen molar-refractivity contribution in [2.45, 2.75) is 25.5 Å². The highest BCUT2D eigenvalue weighted by Crippen LogP contribution is 2.25. The van der Waals surface area contributed by atoms with E-state index < -0.39 is 23.8 Å². The summed E-state index contributed by atoms with van der Waals surface area (Å²) in [5.41, 5.74) is 1.30. The van der Waals surface area contributed by atoms with E-state index in [-0.39, 0.29) is 30.3 Å². The molecule has 1 saturated heterocycles. The van der Waals surface area contributed by atoms with Gasteiger partial charge in [-0.05, 0) is 55.0 Å². The van der Waals surface area contributed by atoms with E-state index in [1.165, 1.54) is 40.8 Å². The monoisotopic (exact) mass is 498 g/mol. The first-order valence-electron chi connectivity index (χ1n) is 10.9. The van der Waals surface area contributed by atoms with Crippen molar-refractivity contribution < 1.29 is 18.7 Å². The minimum atomic E-state index is -0.869. The fraction of sp³-hybridized carbons (Fsp3) is 0.240. The highest BCUT2D eigenvalue weighted by molar-refractivity contribution is 6.30. The van der Waals surface area contributed by atoms with Crippen LogP contribution in [0.2, 0.25) is 5.02 Å². The second-order valence-electron chi connectivity index (χ2n) is 8.26. The number of urea groups is 1. The van der Waals surface area contributed by atoms with Gasteiger partial charge in [-0.2, -0.15) is 0 Å². The second kappa shape index (κ2) is 10.3. The number of likely N-dealkylation sites (tertiary alicyclic amines) is 1. The van der Waals surface area contributed by atoms with E-state index in [0.717, 1.165) is 5.56 Å². The lowest BCUT2D eigenvalue weighted by Gasteiger charge is -2.24. The summed E-state index contributed by atoms with van der Waals surface area (Å²) < 4.78 is 21.5. The number of hydrogen-bond donors (Lipinski definition) is 2. The zero-order chi connectivity index (χ0) is 25.1. The molecule has 0 unspecified atom stereocenters. The number of rotatable bonds is 5. The van der Waals surface area contributed by atoms with Gasteiger partial charge in [0.1, 0.15) is 11.9 Å². The van der Waals surface area contributed by atoms with Crippen molar-refractivity contribution in [3.8, 4) is 5.69 Å². The third-order valence-corrected chi connectivity index (χ3v) is 6.07. The zero-order valence-electron chi connectivity index (χ0n) is 19.1. The van der Waals surface area contributed by atoms with E-state index in [0.29, 0.717) is 16.4 Å². The van der Waals surface area contributed by atoms with E-state index in [1.807, 2.05) is 0 Å². The number of amides is 3. The number of anilines is 2. The summed E-state index contributed by atoms with van der Waals surface area (Å²) in [6.07, 6.45) is 1.47. The Kier molecular flexibility index (Phi) is 7.18. The molecule has 182 valence electrons. The highest BCUT2D eigenvalue weighted by atomic mass is 35.5. The summed E-state index contributed by atoms with van der Waals surface area (Å²) in [5, 5.41) is 5.83. The number of pyridine rings is 1. The summed E-state index contributed by atoms with van der Waals surface area (Å²) >= 11 is 5.89. The first-order valence-corrected chi connectivity index (χ1v) is 11.3. The molecule has 4 rings (SSSR count). The number of carbonyl (C=O) groups excluding carboxylic acids is 2. The fourth-order valence-corrected chi connectivity index (χ4v) is 4.06. The van der Waals surface area contributed by atoms with Gasteiger partial charge in [0, 0.05) is 49.1 Å². The van der Waals surface area contributed by atoms with Crippen LogP contribution in [0.1, 0.15) is 12.0 Å². The Morgan fingerprint density at radius 3 is 2.49 bits per heavy atom. The van der Waals surface area contributed by atoms with Crippen LogP contribution >= 0.6 is 11.6 Å². The molecule has 3 amide bonds. The van der Waals surface area contributed by atoms with Gasteiger partial charge < -0.3 is 20.3 Å². The molecular formula is C25H24ClFN4O4. The summed E-state index contributed by atoms with van der Waals surface area (Å²) in [7, 11) is 1.51. The van der Waals surface area contributed by atoms with Crippen LogP contribution in [-0.2, 0) is 9.53 Å². The number of nitrogens with one attached hydrogen (secondary N) is 2. The molecule has 1 aliphatic heterocycles. The van der Waals surface area contributed by atoms with Crippen LogP contribution in [0.15, 0.2) is 65.6 Å². The maximum atomic E-state index is 14.9. The number of ether oxygens (including phenoxy) is 1. The van der Waals surface area contributed by atoms with Gasteiger partial charge in [0.05, 0.1) is 17.5 Å². The van der Waals surface area contributed by atoms with Gasteiger partial charge in [0.15, 0.2) is 0 Å². The minimum Gasteiger partial charge on any atom is -0.380 e. The lowest BCUT2D eigenvalue weighted by atomic mass is 10.1. The van der Waals surface area contributed by atoms with Crippen LogP contribution in [-0.4, -0.2) is 47.2 Å². The van der Waals surface area contributed by atoms with Crippen molar-refractivity contribution in [1.29, 1.82) is 0 Å². The average molecular weight is 499 g/mol. The highest BCUT2D eigenvalue weighted by Gasteiger charge is 2.40. The fourth-order valence-electron chi connectivity index (χ4n) is 3.93. The predicted octanol–water partition coefficient (Wildman–Crippen LogP) is 4.20. The molecule has 0 radical (unpaired) electrons. The molecule has 2 N–H and O–H groups in total. The topological polar surface area (TPSA) is 92.7 Å². The van der Waals surface area contributed by atoms with Crippen molar-refractivity contribution >= 4 is 34.9 Å². The summed E-state index contributed by atoms with van der Waals surface area (Å²) in [6.45, 7) is 1.99. The SMILES string of the molecule is CO[C@@H]1C[C@H](C(=O)Nc2ccc(-n3ccc(C)cc3=O)cc2F)N(C(=O)Nc2ccc(Cl)cc2)C1. The molecular weight excluding hydrogens is 475 g/mol. The van der Waals surface area contributed by atoms with E-state index in [2.05, 4.69) is 10.6 Å². The van der Waals surface area contributed by atoms with Crippen LogP contribution in [0.4, 0.5) is 20.6 Å². The molecule has 8 nitrogen and oxygen atoms in total. The largest absolute Gasteiger partial charge is 0.380 e. The van der Waals surface area contributed by atoms with Crippen molar-refractivity contribution in [2.75, 3.05) is 24.3 Å². The lowest BCUT2D eigenvalue weighted by molar-refractivity contribution is -0.119. The third-order valence-electron chi connectivity index (χ3n) is 5.82. The van der Waals surface area contributed by atoms with Crippen molar-refractivity contribution in [1.82, 2.24) is 9.47 Å². The average Bonchev–Trinajstić information content (AvgIpc) is 3.27. The van der Waals surface area contributed by atoms with Gasteiger partial charge in [-0.1, -0.05) is 11.6 Å². The number of aromatic nitrogens is 1. The van der Waals surface area contributed by atoms with Gasteiger partial charge in [0.25, 0.3) is 5.56 Å². The second-order valence-corrected chi connectivity index (χ2v) is 8.70. The number of benzene rings is 2. The Bertz CT molecular complexity index is 1310. The molecule has 0 saturated carbocycles.